The van der Waals surface area contributed by atoms with Crippen molar-refractivity contribution in [3.8, 4) is 0 Å². The van der Waals surface area contributed by atoms with Gasteiger partial charge in [-0.1, -0.05) is 293 Å². The van der Waals surface area contributed by atoms with Crippen molar-refractivity contribution in [3.63, 3.8) is 0 Å². The van der Waals surface area contributed by atoms with Crippen molar-refractivity contribution < 1.29 is 0 Å². The molecule has 0 aromatic heterocycles. The van der Waals surface area contributed by atoms with Crippen LogP contribution >= 0.6 is 0 Å². The molecule has 0 N–H and O–H groups in total. The monoisotopic (exact) mass is 1490 g/mol. The minimum atomic E-state index is 0.663. The molecule has 0 unspecified atom stereocenters. The van der Waals surface area contributed by atoms with Crippen LogP contribution in [0.4, 0.5) is 68.2 Å². The minimum Gasteiger partial charge on any atom is -0.309 e. The molecule has 2 fully saturated rings. The van der Waals surface area contributed by atoms with Crippen molar-refractivity contribution in [2.75, 3.05) is 19.6 Å². The van der Waals surface area contributed by atoms with Crippen molar-refractivity contribution in [2.24, 2.45) is 0 Å². The molecule has 0 radical (unpaired) electrons. The summed E-state index contributed by atoms with van der Waals surface area (Å²) in [5.74, 6) is 1.33. The molecule has 0 heterocycles. The average molecular weight is 1490 g/mol. The Balaban J connectivity index is 0.000000146. The van der Waals surface area contributed by atoms with Gasteiger partial charge in [0.1, 0.15) is 0 Å². The Morgan fingerprint density at radius 1 is 0.181 bits per heavy atom. The molecule has 0 spiro atoms. The molecule has 4 heteroatoms. The van der Waals surface area contributed by atoms with E-state index in [9.17, 15) is 0 Å². The van der Waals surface area contributed by atoms with Gasteiger partial charge in [0.15, 0.2) is 0 Å². The number of anilines is 12. The molecule has 2 aliphatic carbocycles. The third-order valence-corrected chi connectivity index (χ3v) is 26.2. The predicted molar refractivity (Wildman–Crippen MR) is 500 cm³/mol. The molecule has 2 saturated carbocycles. The average Bonchev–Trinajstić information content (AvgIpc) is 0.719. The van der Waals surface area contributed by atoms with Gasteiger partial charge in [-0.25, -0.2) is 0 Å². The molecule has 116 heavy (non-hydrogen) atoms. The highest BCUT2D eigenvalue weighted by Crippen LogP contribution is 2.53. The maximum absolute atomic E-state index is 2.52. The largest absolute Gasteiger partial charge is 0.309 e. The van der Waals surface area contributed by atoms with Gasteiger partial charge in [0.05, 0.1) is 45.5 Å². The van der Waals surface area contributed by atoms with E-state index in [1.807, 2.05) is 0 Å². The van der Waals surface area contributed by atoms with Crippen molar-refractivity contribution in [2.45, 2.75) is 104 Å². The number of hydrogen-bond donors (Lipinski definition) is 0. The van der Waals surface area contributed by atoms with Crippen molar-refractivity contribution in [3.05, 3.63) is 385 Å². The Bertz CT molecular complexity index is 6670. The summed E-state index contributed by atoms with van der Waals surface area (Å²) < 4.78 is 0. The highest BCUT2D eigenvalue weighted by Gasteiger charge is 2.28. The molecule has 0 aliphatic heterocycles. The topological polar surface area (TPSA) is 13.0 Å². The number of aryl methyl sites for hydroxylation is 4. The van der Waals surface area contributed by atoms with E-state index in [2.05, 4.69) is 399 Å². The fourth-order valence-electron chi connectivity index (χ4n) is 20.0. The lowest BCUT2D eigenvalue weighted by atomic mass is 9.84. The normalized spacial score (nSPS) is 13.6. The van der Waals surface area contributed by atoms with E-state index in [1.54, 1.807) is 0 Å². The van der Waals surface area contributed by atoms with E-state index in [0.29, 0.717) is 11.8 Å². The molecule has 22 rings (SSSR count). The van der Waals surface area contributed by atoms with Crippen LogP contribution in [0, 0.1) is 27.7 Å². The second kappa shape index (κ2) is 29.6. The van der Waals surface area contributed by atoms with Crippen LogP contribution in [0.25, 0.3) is 108 Å². The minimum absolute atomic E-state index is 0.663. The van der Waals surface area contributed by atoms with Crippen LogP contribution in [0.3, 0.4) is 0 Å². The zero-order valence-electron chi connectivity index (χ0n) is 66.5. The highest BCUT2D eigenvalue weighted by molar-refractivity contribution is 6.30. The van der Waals surface area contributed by atoms with Gasteiger partial charge in [-0.2, -0.15) is 0 Å². The Morgan fingerprint density at radius 2 is 0.422 bits per heavy atom. The highest BCUT2D eigenvalue weighted by atomic mass is 15.2. The summed E-state index contributed by atoms with van der Waals surface area (Å²) in [5.41, 5.74) is 22.3. The lowest BCUT2D eigenvalue weighted by molar-refractivity contribution is 0.443. The Kier molecular flexibility index (Phi) is 18.0. The van der Waals surface area contributed by atoms with Crippen LogP contribution < -0.4 is 19.6 Å². The summed E-state index contributed by atoms with van der Waals surface area (Å²) in [5, 5.41) is 25.1. The third kappa shape index (κ3) is 12.4. The zero-order chi connectivity index (χ0) is 77.5. The van der Waals surface area contributed by atoms with Gasteiger partial charge in [-0.3, -0.25) is 0 Å². The fraction of sp³-hybridized carbons (Fsp3) is 0.143. The van der Waals surface area contributed by atoms with Crippen LogP contribution in [0.15, 0.2) is 352 Å². The lowest BCUT2D eigenvalue weighted by Crippen LogP contribution is -2.12. The first-order valence-electron chi connectivity index (χ1n) is 42.1. The zero-order valence-corrected chi connectivity index (χ0v) is 66.5. The summed E-state index contributed by atoms with van der Waals surface area (Å²) in [6.45, 7) is 8.80. The Hall–Kier alpha value is -13.3. The SMILES string of the molecule is Cc1ccc(N(c2cccc3ccccc23)c2ccc3ccc4c(N(c5ccc(C)c(C)c5)c5cccc6ccccc56)ccc5ccc2c3c54)cc1C.c1ccc2c(N(c3ccc(C4CCCCC4)cc3)c3ccc4ccc5c(N(c6ccc(C7CCCCC7)cc6)c6cccc7ccccc67)ccc6ccc3c4c65)cccc2c1. The molecule has 0 amide bonds. The van der Waals surface area contributed by atoms with E-state index in [0.717, 1.165) is 11.4 Å². The summed E-state index contributed by atoms with van der Waals surface area (Å²) in [6, 6.07) is 132. The van der Waals surface area contributed by atoms with Gasteiger partial charge >= 0.3 is 0 Å². The summed E-state index contributed by atoms with van der Waals surface area (Å²) >= 11 is 0. The standard InChI is InChI=1S/C60H52N2.C52H40N2/c1-3-13-41(14-4-1)43-25-33-49(34-26-43)61(55-23-11-19-45-17-7-9-21-51(45)55)57-39-31-47-30-38-54-58(40-32-48-29-37-53(57)59(47)60(48)54)62(56-24-12-20-46-18-8-10-22-52(46)56)50-35-27-44(28-36-50)42-15-5-2-6-16-42;1-33-19-25-41(31-35(33)3)53(47-17-9-13-37-11-5-7-15-43(37)47)49-29-23-39-22-28-46-50(30-24-40-21-27-45(49)51(39)52(40)46)54(42-26-20-34(2)36(4)32-42)48-18-10-14-38-12-6-8-16-44(38)48/h7-12,17-42H,1-6,13-16H2;5-32H,1-4H3. The van der Waals surface area contributed by atoms with Gasteiger partial charge in [0, 0.05) is 65.8 Å². The van der Waals surface area contributed by atoms with Crippen LogP contribution in [0.2, 0.25) is 0 Å². The fourth-order valence-corrected chi connectivity index (χ4v) is 20.0. The second-order valence-electron chi connectivity index (χ2n) is 32.9. The van der Waals surface area contributed by atoms with E-state index in [1.165, 1.54) is 262 Å². The molecule has 2 aliphatic rings. The molecule has 0 atom stereocenters. The van der Waals surface area contributed by atoms with Gasteiger partial charge in [-0.05, 0) is 260 Å². The maximum Gasteiger partial charge on any atom is 0.0540 e. The molecule has 20 aromatic rings. The predicted octanol–water partition coefficient (Wildman–Crippen LogP) is 33.0. The lowest BCUT2D eigenvalue weighted by Gasteiger charge is -2.31. The second-order valence-corrected chi connectivity index (χ2v) is 32.9. The number of nitrogens with zero attached hydrogens (tertiary/aromatic N) is 4. The summed E-state index contributed by atoms with van der Waals surface area (Å²) in [4.78, 5) is 9.99. The number of benzene rings is 20. The Morgan fingerprint density at radius 3 is 0.707 bits per heavy atom. The van der Waals surface area contributed by atoms with Crippen molar-refractivity contribution >= 4 is 176 Å². The first-order valence-corrected chi connectivity index (χ1v) is 42.1. The van der Waals surface area contributed by atoms with E-state index in [4.69, 9.17) is 0 Å². The van der Waals surface area contributed by atoms with Crippen LogP contribution in [0.5, 0.6) is 0 Å². The molecule has 20 aromatic carbocycles. The quantitative estimate of drug-likeness (QED) is 0.101. The first-order chi connectivity index (χ1) is 57.2. The van der Waals surface area contributed by atoms with Crippen molar-refractivity contribution in [1.29, 1.82) is 0 Å². The molecule has 560 valence electrons. The van der Waals surface area contributed by atoms with Gasteiger partial charge in [0.25, 0.3) is 0 Å². The van der Waals surface area contributed by atoms with Gasteiger partial charge in [-0.15, -0.1) is 0 Å². The third-order valence-electron chi connectivity index (χ3n) is 26.2. The van der Waals surface area contributed by atoms with Crippen LogP contribution in [-0.2, 0) is 0 Å². The van der Waals surface area contributed by atoms with E-state index in [-0.39, 0.29) is 0 Å². The summed E-state index contributed by atoms with van der Waals surface area (Å²) in [6.07, 6.45) is 13.3. The van der Waals surface area contributed by atoms with Gasteiger partial charge < -0.3 is 19.6 Å². The number of fused-ring (bicyclic) bond motifs is 4. The molecule has 0 bridgehead atoms. The maximum atomic E-state index is 2.52. The van der Waals surface area contributed by atoms with Gasteiger partial charge in [0.2, 0.25) is 0 Å². The molecular formula is C112H92N4. The summed E-state index contributed by atoms with van der Waals surface area (Å²) in [7, 11) is 0. The first kappa shape index (κ1) is 70.6. The molecule has 4 nitrogen and oxygen atoms in total. The van der Waals surface area contributed by atoms with Crippen LogP contribution in [0.1, 0.15) is 109 Å². The van der Waals surface area contributed by atoms with Crippen molar-refractivity contribution in [1.82, 2.24) is 0 Å². The van der Waals surface area contributed by atoms with Crippen LogP contribution in [-0.4, -0.2) is 0 Å². The molecule has 0 saturated heterocycles. The van der Waals surface area contributed by atoms with E-state index < -0.39 is 0 Å². The number of hydrogen-bond acceptors (Lipinski definition) is 4. The smallest absolute Gasteiger partial charge is 0.0540 e. The molecular weight excluding hydrogens is 1400 g/mol. The number of rotatable bonds is 14. The van der Waals surface area contributed by atoms with E-state index >= 15 is 0 Å². The Labute approximate surface area is 680 Å².